The topological polar surface area (TPSA) is 48.0 Å². The van der Waals surface area contributed by atoms with Crippen molar-refractivity contribution in [1.29, 1.82) is 0 Å². The second-order valence-electron chi connectivity index (χ2n) is 2.26. The zero-order valence-corrected chi connectivity index (χ0v) is 6.18. The Morgan fingerprint density at radius 2 is 2.33 bits per heavy atom. The molecule has 0 amide bonds. The summed E-state index contributed by atoms with van der Waals surface area (Å²) in [6.45, 7) is 0. The standard InChI is InChI=1S/C8H6N2O2/c11-8-2-1-4-9-10(8)7-3-5-12-6-7/h1-6H. The molecule has 2 aromatic rings. The van der Waals surface area contributed by atoms with Crippen molar-refractivity contribution in [2.45, 2.75) is 0 Å². The first kappa shape index (κ1) is 6.84. The summed E-state index contributed by atoms with van der Waals surface area (Å²) in [5.74, 6) is 0. The van der Waals surface area contributed by atoms with E-state index in [4.69, 9.17) is 4.42 Å². The van der Waals surface area contributed by atoms with Gasteiger partial charge in [-0.25, -0.2) is 0 Å². The molecule has 2 rings (SSSR count). The van der Waals surface area contributed by atoms with Crippen molar-refractivity contribution < 1.29 is 4.42 Å². The van der Waals surface area contributed by atoms with Crippen LogP contribution >= 0.6 is 0 Å². The van der Waals surface area contributed by atoms with E-state index in [0.717, 1.165) is 0 Å². The summed E-state index contributed by atoms with van der Waals surface area (Å²) in [5.41, 5.74) is 0.472. The monoisotopic (exact) mass is 162 g/mol. The summed E-state index contributed by atoms with van der Waals surface area (Å²) in [7, 11) is 0. The van der Waals surface area contributed by atoms with Crippen molar-refractivity contribution in [3.8, 4) is 5.69 Å². The fraction of sp³-hybridized carbons (Fsp3) is 0. The van der Waals surface area contributed by atoms with Gasteiger partial charge in [-0.05, 0) is 6.07 Å². The minimum Gasteiger partial charge on any atom is -0.470 e. The van der Waals surface area contributed by atoms with E-state index < -0.39 is 0 Å². The van der Waals surface area contributed by atoms with E-state index in [2.05, 4.69) is 5.10 Å². The van der Waals surface area contributed by atoms with Gasteiger partial charge in [-0.3, -0.25) is 4.79 Å². The summed E-state index contributed by atoms with van der Waals surface area (Å²) in [4.78, 5) is 11.2. The molecule has 12 heavy (non-hydrogen) atoms. The molecule has 0 saturated heterocycles. The fourth-order valence-electron chi connectivity index (χ4n) is 0.930. The van der Waals surface area contributed by atoms with Crippen LogP contribution < -0.4 is 5.56 Å². The van der Waals surface area contributed by atoms with Gasteiger partial charge in [0.25, 0.3) is 5.56 Å². The van der Waals surface area contributed by atoms with Crippen molar-refractivity contribution in [3.05, 3.63) is 47.3 Å². The first-order chi connectivity index (χ1) is 5.88. The lowest BCUT2D eigenvalue weighted by Crippen LogP contribution is -2.18. The van der Waals surface area contributed by atoms with Crippen LogP contribution in [0.5, 0.6) is 0 Å². The number of hydrogen-bond donors (Lipinski definition) is 0. The highest BCUT2D eigenvalue weighted by molar-refractivity contribution is 5.23. The number of hydrogen-bond acceptors (Lipinski definition) is 3. The van der Waals surface area contributed by atoms with Gasteiger partial charge in [-0.2, -0.15) is 9.78 Å². The Balaban J connectivity index is 2.63. The minimum absolute atomic E-state index is 0.168. The van der Waals surface area contributed by atoms with Crippen LogP contribution in [-0.4, -0.2) is 9.78 Å². The highest BCUT2D eigenvalue weighted by atomic mass is 16.3. The lowest BCUT2D eigenvalue weighted by atomic mass is 10.5. The van der Waals surface area contributed by atoms with Crippen LogP contribution in [0.3, 0.4) is 0 Å². The van der Waals surface area contributed by atoms with Crippen LogP contribution in [0.25, 0.3) is 5.69 Å². The zero-order chi connectivity index (χ0) is 8.39. The van der Waals surface area contributed by atoms with E-state index >= 15 is 0 Å². The molecule has 4 nitrogen and oxygen atoms in total. The van der Waals surface area contributed by atoms with E-state index in [9.17, 15) is 4.79 Å². The molecule has 0 unspecified atom stereocenters. The molecule has 0 atom stereocenters. The van der Waals surface area contributed by atoms with Crippen LogP contribution in [0.15, 0.2) is 46.1 Å². The van der Waals surface area contributed by atoms with Crippen molar-refractivity contribution >= 4 is 0 Å². The average molecular weight is 162 g/mol. The van der Waals surface area contributed by atoms with Crippen LogP contribution in [0.1, 0.15) is 0 Å². The van der Waals surface area contributed by atoms with Crippen LogP contribution in [0, 0.1) is 0 Å². The summed E-state index contributed by atoms with van der Waals surface area (Å²) in [6, 6.07) is 4.72. The predicted molar refractivity (Wildman–Crippen MR) is 42.1 cm³/mol. The third-order valence-electron chi connectivity index (χ3n) is 1.47. The molecule has 0 saturated carbocycles. The smallest absolute Gasteiger partial charge is 0.271 e. The molecule has 0 spiro atoms. The highest BCUT2D eigenvalue weighted by Crippen LogP contribution is 2.01. The van der Waals surface area contributed by atoms with E-state index in [-0.39, 0.29) is 5.56 Å². The first-order valence-corrected chi connectivity index (χ1v) is 3.45. The van der Waals surface area contributed by atoms with Gasteiger partial charge in [0.1, 0.15) is 12.0 Å². The Bertz CT molecular complexity index is 417. The average Bonchev–Trinajstić information content (AvgIpc) is 2.57. The SMILES string of the molecule is O=c1cccnn1-c1ccoc1. The number of aromatic nitrogens is 2. The van der Waals surface area contributed by atoms with E-state index in [1.165, 1.54) is 23.3 Å². The third kappa shape index (κ3) is 1.03. The van der Waals surface area contributed by atoms with E-state index in [1.54, 1.807) is 18.3 Å². The number of furan rings is 1. The largest absolute Gasteiger partial charge is 0.470 e. The molecule has 60 valence electrons. The maximum atomic E-state index is 11.2. The molecule has 0 bridgehead atoms. The van der Waals surface area contributed by atoms with Crippen LogP contribution in [0.4, 0.5) is 0 Å². The Hall–Kier alpha value is -1.84. The van der Waals surface area contributed by atoms with E-state index in [1.807, 2.05) is 0 Å². The molecule has 0 aliphatic heterocycles. The van der Waals surface area contributed by atoms with Gasteiger partial charge >= 0.3 is 0 Å². The quantitative estimate of drug-likeness (QED) is 0.623. The van der Waals surface area contributed by atoms with Crippen molar-refractivity contribution in [2.75, 3.05) is 0 Å². The Morgan fingerprint density at radius 3 is 3.00 bits per heavy atom. The van der Waals surface area contributed by atoms with Gasteiger partial charge < -0.3 is 4.42 Å². The Kier molecular flexibility index (Phi) is 1.51. The summed E-state index contributed by atoms with van der Waals surface area (Å²) >= 11 is 0. The summed E-state index contributed by atoms with van der Waals surface area (Å²) in [6.07, 6.45) is 4.51. The second-order valence-corrected chi connectivity index (χ2v) is 2.26. The lowest BCUT2D eigenvalue weighted by Gasteiger charge is -1.96. The molecule has 0 fully saturated rings. The third-order valence-corrected chi connectivity index (χ3v) is 1.47. The molecular formula is C8H6N2O2. The van der Waals surface area contributed by atoms with E-state index in [0.29, 0.717) is 5.69 Å². The lowest BCUT2D eigenvalue weighted by molar-refractivity contribution is 0.563. The molecule has 0 N–H and O–H groups in total. The maximum Gasteiger partial charge on any atom is 0.271 e. The number of rotatable bonds is 1. The Morgan fingerprint density at radius 1 is 1.42 bits per heavy atom. The van der Waals surface area contributed by atoms with Crippen LogP contribution in [-0.2, 0) is 0 Å². The highest BCUT2D eigenvalue weighted by Gasteiger charge is 1.98. The molecule has 0 aliphatic carbocycles. The molecule has 2 aromatic heterocycles. The molecule has 2 heterocycles. The molecular weight excluding hydrogens is 156 g/mol. The molecule has 4 heteroatoms. The molecule has 0 radical (unpaired) electrons. The van der Waals surface area contributed by atoms with Gasteiger partial charge in [0, 0.05) is 18.3 Å². The first-order valence-electron chi connectivity index (χ1n) is 3.45. The van der Waals surface area contributed by atoms with Gasteiger partial charge in [-0.1, -0.05) is 0 Å². The van der Waals surface area contributed by atoms with Crippen molar-refractivity contribution in [2.24, 2.45) is 0 Å². The maximum absolute atomic E-state index is 11.2. The zero-order valence-electron chi connectivity index (χ0n) is 6.18. The summed E-state index contributed by atoms with van der Waals surface area (Å²) in [5, 5.41) is 3.86. The van der Waals surface area contributed by atoms with Gasteiger partial charge in [0.15, 0.2) is 0 Å². The van der Waals surface area contributed by atoms with Gasteiger partial charge in [0.05, 0.1) is 6.26 Å². The summed E-state index contributed by atoms with van der Waals surface area (Å²) < 4.78 is 6.09. The van der Waals surface area contributed by atoms with Crippen molar-refractivity contribution in [3.63, 3.8) is 0 Å². The minimum atomic E-state index is -0.168. The molecule has 0 aliphatic rings. The predicted octanol–water partition coefficient (Wildman–Crippen LogP) is 0.825. The fourth-order valence-corrected chi connectivity index (χ4v) is 0.930. The Labute approximate surface area is 68.1 Å². The van der Waals surface area contributed by atoms with Crippen LogP contribution in [0.2, 0.25) is 0 Å². The number of nitrogens with zero attached hydrogens (tertiary/aromatic N) is 2. The second kappa shape index (κ2) is 2.65. The van der Waals surface area contributed by atoms with Gasteiger partial charge in [-0.15, -0.1) is 0 Å². The van der Waals surface area contributed by atoms with Gasteiger partial charge in [0.2, 0.25) is 0 Å². The molecule has 0 aromatic carbocycles. The van der Waals surface area contributed by atoms with Crippen molar-refractivity contribution in [1.82, 2.24) is 9.78 Å². The normalized spacial score (nSPS) is 10.0.